The van der Waals surface area contributed by atoms with Gasteiger partial charge in [0.1, 0.15) is 0 Å². The summed E-state index contributed by atoms with van der Waals surface area (Å²) in [5.74, 6) is 1.91. The molecule has 0 bridgehead atoms. The lowest BCUT2D eigenvalue weighted by molar-refractivity contribution is -0.119. The molecule has 4 nitrogen and oxygen atoms in total. The average molecular weight is 241 g/mol. The molecule has 2 N–H and O–H groups in total. The fraction of sp³-hybridized carbons (Fsp3) is 0.818. The van der Waals surface area contributed by atoms with Crippen molar-refractivity contribution in [1.82, 2.24) is 10.6 Å². The number of hydrogen-bond acceptors (Lipinski definition) is 3. The molecule has 0 saturated carbocycles. The molecule has 2 saturated heterocycles. The van der Waals surface area contributed by atoms with Gasteiger partial charge in [-0.25, -0.2) is 0 Å². The average Bonchev–Trinajstić information content (AvgIpc) is 2.83. The highest BCUT2D eigenvalue weighted by Gasteiger charge is 2.24. The summed E-state index contributed by atoms with van der Waals surface area (Å²) in [7, 11) is 0. The smallest absolute Gasteiger partial charge is 0.220 e. The summed E-state index contributed by atoms with van der Waals surface area (Å²) in [6.45, 7) is 5.16. The van der Waals surface area contributed by atoms with E-state index in [1.54, 1.807) is 11.8 Å². The topological polar surface area (TPSA) is 53.5 Å². The van der Waals surface area contributed by atoms with Crippen molar-refractivity contribution in [3.05, 3.63) is 0 Å². The first-order valence-electron chi connectivity index (χ1n) is 5.88. The number of thioether (sulfide) groups is 1. The number of amides is 1. The molecule has 2 fully saturated rings. The molecule has 0 aromatic rings. The van der Waals surface area contributed by atoms with E-state index in [9.17, 15) is 4.79 Å². The number of hydrogen-bond donors (Lipinski definition) is 2. The lowest BCUT2D eigenvalue weighted by Gasteiger charge is -2.13. The molecule has 2 aliphatic rings. The second-order valence-corrected chi connectivity index (χ2v) is 5.76. The van der Waals surface area contributed by atoms with Gasteiger partial charge in [-0.3, -0.25) is 9.79 Å². The molecule has 0 aliphatic carbocycles. The molecule has 2 unspecified atom stereocenters. The van der Waals surface area contributed by atoms with Gasteiger partial charge in [0.05, 0.1) is 6.54 Å². The van der Waals surface area contributed by atoms with Crippen molar-refractivity contribution in [3.8, 4) is 0 Å². The zero-order valence-electron chi connectivity index (χ0n) is 9.82. The predicted molar refractivity (Wildman–Crippen MR) is 67.7 cm³/mol. The first kappa shape index (κ1) is 11.8. The van der Waals surface area contributed by atoms with Gasteiger partial charge in [0, 0.05) is 24.3 Å². The van der Waals surface area contributed by atoms with Crippen LogP contribution >= 0.6 is 11.8 Å². The summed E-state index contributed by atoms with van der Waals surface area (Å²) in [4.78, 5) is 15.5. The molecule has 0 aromatic heterocycles. The molecule has 5 heteroatoms. The van der Waals surface area contributed by atoms with Crippen molar-refractivity contribution in [1.29, 1.82) is 0 Å². The highest BCUT2D eigenvalue weighted by Crippen LogP contribution is 2.19. The highest BCUT2D eigenvalue weighted by atomic mass is 32.2. The number of nitrogens with zero attached hydrogens (tertiary/aromatic N) is 1. The Hall–Kier alpha value is -0.710. The zero-order chi connectivity index (χ0) is 11.5. The Morgan fingerprint density at radius 2 is 2.31 bits per heavy atom. The molecule has 0 radical (unpaired) electrons. The van der Waals surface area contributed by atoms with Crippen molar-refractivity contribution in [2.75, 3.05) is 12.3 Å². The van der Waals surface area contributed by atoms with Crippen molar-refractivity contribution in [2.24, 2.45) is 10.9 Å². The molecule has 2 atom stereocenters. The summed E-state index contributed by atoms with van der Waals surface area (Å²) in [6, 6.07) is 0.794. The van der Waals surface area contributed by atoms with E-state index in [4.69, 9.17) is 0 Å². The van der Waals surface area contributed by atoms with Crippen LogP contribution in [0.5, 0.6) is 0 Å². The second-order valence-electron chi connectivity index (χ2n) is 4.75. The summed E-state index contributed by atoms with van der Waals surface area (Å²) in [6.07, 6.45) is 1.58. The second kappa shape index (κ2) is 5.08. The summed E-state index contributed by atoms with van der Waals surface area (Å²) < 4.78 is 0. The Morgan fingerprint density at radius 3 is 2.88 bits per heavy atom. The Labute approximate surface area is 101 Å². The van der Waals surface area contributed by atoms with E-state index in [0.717, 1.165) is 17.3 Å². The minimum absolute atomic E-state index is 0.164. The Bertz CT molecular complexity index is 304. The number of carbonyl (C=O) groups is 1. The van der Waals surface area contributed by atoms with Crippen LogP contribution in [-0.4, -0.2) is 35.5 Å². The van der Waals surface area contributed by atoms with Gasteiger partial charge in [0.2, 0.25) is 5.91 Å². The maximum atomic E-state index is 11.0. The Balaban J connectivity index is 1.78. The first-order chi connectivity index (χ1) is 7.65. The van der Waals surface area contributed by atoms with E-state index < -0.39 is 0 Å². The van der Waals surface area contributed by atoms with E-state index in [2.05, 4.69) is 29.5 Å². The van der Waals surface area contributed by atoms with Gasteiger partial charge < -0.3 is 10.6 Å². The van der Waals surface area contributed by atoms with Gasteiger partial charge in [-0.2, -0.15) is 0 Å². The SMILES string of the molecule is CC(C)C1CSC(=NCC2CCC(=O)N2)N1. The van der Waals surface area contributed by atoms with Crippen LogP contribution in [0.3, 0.4) is 0 Å². The minimum atomic E-state index is 0.164. The van der Waals surface area contributed by atoms with Crippen LogP contribution in [0.15, 0.2) is 4.99 Å². The van der Waals surface area contributed by atoms with Gasteiger partial charge in [0.15, 0.2) is 5.17 Å². The molecule has 2 rings (SSSR count). The van der Waals surface area contributed by atoms with Crippen LogP contribution in [0.1, 0.15) is 26.7 Å². The monoisotopic (exact) mass is 241 g/mol. The molecule has 1 amide bonds. The molecule has 90 valence electrons. The summed E-state index contributed by atoms with van der Waals surface area (Å²) >= 11 is 1.79. The van der Waals surface area contributed by atoms with Crippen molar-refractivity contribution in [2.45, 2.75) is 38.8 Å². The third-order valence-corrected chi connectivity index (χ3v) is 4.10. The lowest BCUT2D eigenvalue weighted by Crippen LogP contribution is -2.33. The van der Waals surface area contributed by atoms with Gasteiger partial charge in [-0.05, 0) is 12.3 Å². The van der Waals surface area contributed by atoms with Crippen LogP contribution in [0.2, 0.25) is 0 Å². The minimum Gasteiger partial charge on any atom is -0.361 e. The van der Waals surface area contributed by atoms with Gasteiger partial charge in [0.25, 0.3) is 0 Å². The normalized spacial score (nSPS) is 32.2. The third kappa shape index (κ3) is 2.90. The lowest BCUT2D eigenvalue weighted by atomic mass is 10.1. The Kier molecular flexibility index (Phi) is 3.74. The quantitative estimate of drug-likeness (QED) is 0.774. The van der Waals surface area contributed by atoms with E-state index in [-0.39, 0.29) is 11.9 Å². The number of rotatable bonds is 3. The van der Waals surface area contributed by atoms with Crippen LogP contribution in [0.25, 0.3) is 0 Å². The summed E-state index contributed by atoms with van der Waals surface area (Å²) in [5, 5.41) is 7.40. The molecular formula is C11H19N3OS. The zero-order valence-corrected chi connectivity index (χ0v) is 10.6. The fourth-order valence-corrected chi connectivity index (χ4v) is 3.07. The molecule has 2 aliphatic heterocycles. The van der Waals surface area contributed by atoms with Crippen LogP contribution in [-0.2, 0) is 4.79 Å². The molecular weight excluding hydrogens is 222 g/mol. The Morgan fingerprint density at radius 1 is 1.50 bits per heavy atom. The third-order valence-electron chi connectivity index (χ3n) is 3.05. The van der Waals surface area contributed by atoms with E-state index in [1.807, 2.05) is 0 Å². The fourth-order valence-electron chi connectivity index (χ4n) is 1.87. The van der Waals surface area contributed by atoms with Crippen LogP contribution in [0, 0.1) is 5.92 Å². The highest BCUT2D eigenvalue weighted by molar-refractivity contribution is 8.14. The number of aliphatic imine (C=N–C) groups is 1. The molecule has 0 aromatic carbocycles. The van der Waals surface area contributed by atoms with E-state index in [1.165, 1.54) is 0 Å². The largest absolute Gasteiger partial charge is 0.361 e. The van der Waals surface area contributed by atoms with Gasteiger partial charge in [-0.15, -0.1) is 0 Å². The predicted octanol–water partition coefficient (Wildman–Crippen LogP) is 0.982. The molecule has 0 spiro atoms. The van der Waals surface area contributed by atoms with E-state index in [0.29, 0.717) is 24.9 Å². The van der Waals surface area contributed by atoms with Crippen molar-refractivity contribution < 1.29 is 4.79 Å². The standard InChI is InChI=1S/C11H19N3OS/c1-7(2)9-6-16-11(14-9)12-5-8-3-4-10(15)13-8/h7-9H,3-6H2,1-2H3,(H,12,14)(H,13,15). The van der Waals surface area contributed by atoms with Crippen LogP contribution in [0.4, 0.5) is 0 Å². The van der Waals surface area contributed by atoms with Crippen molar-refractivity contribution >= 4 is 22.8 Å². The number of amidine groups is 1. The van der Waals surface area contributed by atoms with Crippen LogP contribution < -0.4 is 10.6 Å². The molecule has 16 heavy (non-hydrogen) atoms. The summed E-state index contributed by atoms with van der Waals surface area (Å²) in [5.41, 5.74) is 0. The number of nitrogens with one attached hydrogen (secondary N) is 2. The maximum Gasteiger partial charge on any atom is 0.220 e. The number of carbonyl (C=O) groups excluding carboxylic acids is 1. The first-order valence-corrected chi connectivity index (χ1v) is 6.87. The maximum absolute atomic E-state index is 11.0. The molecule has 2 heterocycles. The van der Waals surface area contributed by atoms with Gasteiger partial charge >= 0.3 is 0 Å². The van der Waals surface area contributed by atoms with Gasteiger partial charge in [-0.1, -0.05) is 25.6 Å². The van der Waals surface area contributed by atoms with Crippen molar-refractivity contribution in [3.63, 3.8) is 0 Å². The van der Waals surface area contributed by atoms with E-state index >= 15 is 0 Å².